The van der Waals surface area contributed by atoms with Crippen molar-refractivity contribution >= 4 is 11.8 Å². The van der Waals surface area contributed by atoms with Crippen LogP contribution in [0.4, 0.5) is 0 Å². The first-order valence-corrected chi connectivity index (χ1v) is 5.40. The molecule has 0 aliphatic carbocycles. The number of likely N-dealkylation sites (N-methyl/N-ethyl adjacent to an activating group) is 1. The molecule has 0 aromatic heterocycles. The number of rotatable bonds is 7. The number of carbonyl (C=O) groups is 2. The van der Waals surface area contributed by atoms with Crippen molar-refractivity contribution in [2.45, 2.75) is 19.8 Å². The van der Waals surface area contributed by atoms with Gasteiger partial charge in [0.05, 0.1) is 6.42 Å². The number of carboxylic acid groups (broad SMARTS) is 1. The van der Waals surface area contributed by atoms with E-state index in [1.165, 1.54) is 6.08 Å². The van der Waals surface area contributed by atoms with Gasteiger partial charge in [0.15, 0.2) is 0 Å². The molecule has 0 amide bonds. The van der Waals surface area contributed by atoms with Crippen molar-refractivity contribution in [3.63, 3.8) is 0 Å². The highest BCUT2D eigenvalue weighted by molar-refractivity contribution is 5.76. The molecule has 0 fully saturated rings. The normalized spacial score (nSPS) is 10.3. The molecule has 5 heteroatoms. The number of hydrogen-bond acceptors (Lipinski definition) is 4. The largest absolute Gasteiger partial charge is 0.481 e. The Hall–Kier alpha value is -1.46. The summed E-state index contributed by atoms with van der Waals surface area (Å²) in [6.45, 7) is 2.84. The van der Waals surface area contributed by atoms with Crippen LogP contribution in [0, 0.1) is 0 Å². The molecule has 5 nitrogen and oxygen atoms in total. The summed E-state index contributed by atoms with van der Waals surface area (Å²) in [5.41, 5.74) is 5.03. The first-order chi connectivity index (χ1) is 8.04. The Morgan fingerprint density at radius 1 is 1.18 bits per heavy atom. The summed E-state index contributed by atoms with van der Waals surface area (Å²) in [6.07, 6.45) is 7.59. The molecule has 17 heavy (non-hydrogen) atoms. The maximum Gasteiger partial charge on any atom is 0.307 e. The van der Waals surface area contributed by atoms with E-state index in [0.29, 0.717) is 13.0 Å². The van der Waals surface area contributed by atoms with Crippen LogP contribution in [0.3, 0.4) is 0 Å². The van der Waals surface area contributed by atoms with Crippen LogP contribution >= 0.6 is 0 Å². The molecule has 0 aromatic rings. The summed E-state index contributed by atoms with van der Waals surface area (Å²) >= 11 is 0. The number of ketones is 1. The molecule has 0 radical (unpaired) electrons. The van der Waals surface area contributed by atoms with E-state index in [-0.39, 0.29) is 12.2 Å². The lowest BCUT2D eigenvalue weighted by Gasteiger charge is -1.86. The number of carboxylic acids is 1. The van der Waals surface area contributed by atoms with E-state index in [4.69, 9.17) is 10.8 Å². The topological polar surface area (TPSA) is 92.4 Å². The van der Waals surface area contributed by atoms with Crippen LogP contribution in [0.1, 0.15) is 19.8 Å². The van der Waals surface area contributed by atoms with E-state index in [9.17, 15) is 9.59 Å². The first kappa shape index (κ1) is 17.9. The highest BCUT2D eigenvalue weighted by atomic mass is 16.4. The van der Waals surface area contributed by atoms with Crippen LogP contribution in [0.15, 0.2) is 24.3 Å². The van der Waals surface area contributed by atoms with Crippen LogP contribution < -0.4 is 11.1 Å². The van der Waals surface area contributed by atoms with Gasteiger partial charge in [-0.3, -0.25) is 9.59 Å². The van der Waals surface area contributed by atoms with Crippen LogP contribution in [-0.2, 0) is 9.59 Å². The summed E-state index contributed by atoms with van der Waals surface area (Å²) < 4.78 is 0. The molecule has 0 atom stereocenters. The van der Waals surface area contributed by atoms with Gasteiger partial charge in [-0.2, -0.15) is 0 Å². The number of aliphatic carboxylic acids is 1. The summed E-state index contributed by atoms with van der Waals surface area (Å²) in [7, 11) is 1.87. The monoisotopic (exact) mass is 242 g/mol. The van der Waals surface area contributed by atoms with Gasteiger partial charge >= 0.3 is 5.97 Å². The molecule has 0 aromatic carbocycles. The van der Waals surface area contributed by atoms with Gasteiger partial charge in [-0.1, -0.05) is 24.3 Å². The standard InChI is InChI=1S/C7H13NO.C5H9NO2/c1-7(9)5-3-4-6-8-2;6-4-2-1-3-5(7)8/h3-4,8H,5-6H2,1-2H3;1-2H,3-4,6H2,(H,7,8)/b4-3+;2-1+. The minimum atomic E-state index is -0.824. The molecule has 4 N–H and O–H groups in total. The van der Waals surface area contributed by atoms with E-state index >= 15 is 0 Å². The second-order valence-corrected chi connectivity index (χ2v) is 3.24. The minimum absolute atomic E-state index is 0.0667. The van der Waals surface area contributed by atoms with Gasteiger partial charge in [0, 0.05) is 19.5 Å². The van der Waals surface area contributed by atoms with E-state index in [2.05, 4.69) is 5.32 Å². The van der Waals surface area contributed by atoms with Gasteiger partial charge in [-0.15, -0.1) is 0 Å². The summed E-state index contributed by atoms with van der Waals surface area (Å²) in [5.74, 6) is -0.614. The van der Waals surface area contributed by atoms with Crippen molar-refractivity contribution in [3.05, 3.63) is 24.3 Å². The third kappa shape index (κ3) is 25.1. The van der Waals surface area contributed by atoms with Crippen LogP contribution in [0.2, 0.25) is 0 Å². The SMILES string of the molecule is CNC/C=C/CC(C)=O.NC/C=C/CC(=O)O. The van der Waals surface area contributed by atoms with Crippen molar-refractivity contribution in [1.82, 2.24) is 5.32 Å². The quantitative estimate of drug-likeness (QED) is 0.572. The van der Waals surface area contributed by atoms with Crippen molar-refractivity contribution in [3.8, 4) is 0 Å². The lowest BCUT2D eigenvalue weighted by Crippen LogP contribution is -2.03. The Bertz CT molecular complexity index is 260. The van der Waals surface area contributed by atoms with Gasteiger partial charge < -0.3 is 16.2 Å². The Kier molecular flexibility index (Phi) is 15.3. The Morgan fingerprint density at radius 2 is 1.76 bits per heavy atom. The predicted molar refractivity (Wildman–Crippen MR) is 68.8 cm³/mol. The number of nitrogens with one attached hydrogen (secondary N) is 1. The average Bonchev–Trinajstić information content (AvgIpc) is 2.25. The average molecular weight is 242 g/mol. The zero-order valence-electron chi connectivity index (χ0n) is 10.5. The molecule has 0 rings (SSSR count). The molecule has 0 unspecified atom stereocenters. The Morgan fingerprint density at radius 3 is 2.18 bits per heavy atom. The number of nitrogens with two attached hydrogens (primary N) is 1. The third-order valence-electron chi connectivity index (χ3n) is 1.49. The Balaban J connectivity index is 0. The minimum Gasteiger partial charge on any atom is -0.481 e. The Labute approximate surface area is 102 Å². The maximum absolute atomic E-state index is 10.3. The van der Waals surface area contributed by atoms with E-state index in [1.807, 2.05) is 19.2 Å². The van der Waals surface area contributed by atoms with Crippen LogP contribution in [0.25, 0.3) is 0 Å². The highest BCUT2D eigenvalue weighted by Crippen LogP contribution is 1.82. The predicted octanol–water partition coefficient (Wildman–Crippen LogP) is 0.717. The van der Waals surface area contributed by atoms with E-state index in [1.54, 1.807) is 13.0 Å². The smallest absolute Gasteiger partial charge is 0.307 e. The zero-order chi connectivity index (χ0) is 13.5. The molecule has 0 saturated heterocycles. The first-order valence-electron chi connectivity index (χ1n) is 5.40. The van der Waals surface area contributed by atoms with E-state index < -0.39 is 5.97 Å². The van der Waals surface area contributed by atoms with Gasteiger partial charge in [0.2, 0.25) is 0 Å². The molecular formula is C12H22N2O3. The maximum atomic E-state index is 10.3. The molecule has 0 saturated carbocycles. The number of allylic oxidation sites excluding steroid dienone is 1. The van der Waals surface area contributed by atoms with Gasteiger partial charge in [0.1, 0.15) is 5.78 Å². The van der Waals surface area contributed by atoms with Crippen molar-refractivity contribution in [2.75, 3.05) is 20.1 Å². The summed E-state index contributed by atoms with van der Waals surface area (Å²) in [4.78, 5) is 20.1. The van der Waals surface area contributed by atoms with Crippen molar-refractivity contribution < 1.29 is 14.7 Å². The van der Waals surface area contributed by atoms with Gasteiger partial charge in [0.25, 0.3) is 0 Å². The lowest BCUT2D eigenvalue weighted by molar-refractivity contribution is -0.136. The molecule has 98 valence electrons. The second kappa shape index (κ2) is 14.5. The summed E-state index contributed by atoms with van der Waals surface area (Å²) in [5, 5.41) is 11.0. The summed E-state index contributed by atoms with van der Waals surface area (Å²) in [6, 6.07) is 0. The fraction of sp³-hybridized carbons (Fsp3) is 0.500. The zero-order valence-corrected chi connectivity index (χ0v) is 10.5. The molecule has 0 aliphatic rings. The molecular weight excluding hydrogens is 220 g/mol. The van der Waals surface area contributed by atoms with Gasteiger partial charge in [-0.05, 0) is 14.0 Å². The number of carbonyl (C=O) groups excluding carboxylic acids is 1. The fourth-order valence-electron chi connectivity index (χ4n) is 0.731. The molecule has 0 aliphatic heterocycles. The third-order valence-corrected chi connectivity index (χ3v) is 1.49. The van der Waals surface area contributed by atoms with Crippen molar-refractivity contribution in [1.29, 1.82) is 0 Å². The van der Waals surface area contributed by atoms with Gasteiger partial charge in [-0.25, -0.2) is 0 Å². The molecule has 0 bridgehead atoms. The second-order valence-electron chi connectivity index (χ2n) is 3.24. The lowest BCUT2D eigenvalue weighted by atomic mass is 10.3. The number of Topliss-reactive ketones (excluding diaryl/α,β-unsaturated/α-hetero) is 1. The van der Waals surface area contributed by atoms with E-state index in [0.717, 1.165) is 6.54 Å². The van der Waals surface area contributed by atoms with Crippen LogP contribution in [-0.4, -0.2) is 37.0 Å². The fourth-order valence-corrected chi connectivity index (χ4v) is 0.731. The molecule has 0 heterocycles. The number of hydrogen-bond donors (Lipinski definition) is 3. The van der Waals surface area contributed by atoms with Crippen molar-refractivity contribution in [2.24, 2.45) is 5.73 Å². The van der Waals surface area contributed by atoms with Crippen LogP contribution in [0.5, 0.6) is 0 Å². The highest BCUT2D eigenvalue weighted by Gasteiger charge is 1.86. The molecule has 0 spiro atoms.